The van der Waals surface area contributed by atoms with Crippen LogP contribution >= 0.6 is 22.7 Å². The van der Waals surface area contributed by atoms with Crippen LogP contribution in [0.5, 0.6) is 0 Å². The molecule has 4 heterocycles. The van der Waals surface area contributed by atoms with E-state index in [9.17, 15) is 9.59 Å². The lowest BCUT2D eigenvalue weighted by atomic mass is 10.1. The molecule has 4 rings (SSSR count). The summed E-state index contributed by atoms with van der Waals surface area (Å²) >= 11 is 3.02. The molecule has 7 heteroatoms. The monoisotopic (exact) mass is 399 g/mol. The Hall–Kier alpha value is -2.25. The van der Waals surface area contributed by atoms with Crippen LogP contribution in [0.15, 0.2) is 23.6 Å². The minimum atomic E-state index is -0.180. The van der Waals surface area contributed by atoms with E-state index in [2.05, 4.69) is 16.4 Å². The number of thiophene rings is 2. The minimum Gasteiger partial charge on any atom is -0.338 e. The Balaban J connectivity index is 1.92. The van der Waals surface area contributed by atoms with Crippen molar-refractivity contribution >= 4 is 50.4 Å². The second kappa shape index (κ2) is 7.40. The quantitative estimate of drug-likeness (QED) is 0.680. The lowest BCUT2D eigenvalue weighted by Gasteiger charge is -2.26. The molecule has 140 valence electrons. The zero-order valence-electron chi connectivity index (χ0n) is 15.4. The molecule has 2 amide bonds. The van der Waals surface area contributed by atoms with Crippen LogP contribution in [0.2, 0.25) is 0 Å². The summed E-state index contributed by atoms with van der Waals surface area (Å²) in [5.74, 6) is -0.184. The van der Waals surface area contributed by atoms with Crippen LogP contribution in [0.1, 0.15) is 41.6 Å². The summed E-state index contributed by atoms with van der Waals surface area (Å²) in [6.45, 7) is 4.99. The number of pyridine rings is 1. The molecule has 3 aromatic rings. The molecule has 1 saturated heterocycles. The Morgan fingerprint density at radius 2 is 2.00 bits per heavy atom. The van der Waals surface area contributed by atoms with Gasteiger partial charge >= 0.3 is 0 Å². The lowest BCUT2D eigenvalue weighted by molar-refractivity contribution is -0.114. The smallest absolute Gasteiger partial charge is 0.266 e. The number of piperidine rings is 1. The molecule has 1 N–H and O–H groups in total. The van der Waals surface area contributed by atoms with Crippen LogP contribution in [0, 0.1) is 6.92 Å². The van der Waals surface area contributed by atoms with Crippen LogP contribution in [0.4, 0.5) is 5.69 Å². The van der Waals surface area contributed by atoms with Crippen molar-refractivity contribution in [3.63, 3.8) is 0 Å². The zero-order chi connectivity index (χ0) is 19.0. The first-order valence-corrected chi connectivity index (χ1v) is 10.8. The molecular weight excluding hydrogens is 378 g/mol. The Morgan fingerprint density at radius 1 is 1.22 bits per heavy atom. The molecule has 0 saturated carbocycles. The van der Waals surface area contributed by atoms with Gasteiger partial charge in [-0.25, -0.2) is 4.98 Å². The van der Waals surface area contributed by atoms with Crippen molar-refractivity contribution in [1.82, 2.24) is 9.88 Å². The third-order valence-electron chi connectivity index (χ3n) is 4.72. The molecule has 3 aromatic heterocycles. The number of anilines is 1. The van der Waals surface area contributed by atoms with E-state index in [0.29, 0.717) is 10.6 Å². The minimum absolute atomic E-state index is 0.00349. The summed E-state index contributed by atoms with van der Waals surface area (Å²) in [4.78, 5) is 34.2. The van der Waals surface area contributed by atoms with Gasteiger partial charge in [0.25, 0.3) is 5.91 Å². The first-order chi connectivity index (χ1) is 13.0. The van der Waals surface area contributed by atoms with Gasteiger partial charge in [-0.1, -0.05) is 6.07 Å². The molecule has 1 aliphatic rings. The SMILES string of the molecule is CC(=O)Nc1c(C(=O)N2CCCCC2)sc2nc(C)cc(-c3cccs3)c12. The van der Waals surface area contributed by atoms with Crippen molar-refractivity contribution in [3.05, 3.63) is 34.2 Å². The number of hydrogen-bond donors (Lipinski definition) is 1. The van der Waals surface area contributed by atoms with E-state index in [1.54, 1.807) is 11.3 Å². The highest BCUT2D eigenvalue weighted by atomic mass is 32.1. The highest BCUT2D eigenvalue weighted by molar-refractivity contribution is 7.21. The Labute approximate surface area is 166 Å². The van der Waals surface area contributed by atoms with Crippen LogP contribution < -0.4 is 5.32 Å². The molecule has 5 nitrogen and oxygen atoms in total. The maximum absolute atomic E-state index is 13.2. The van der Waals surface area contributed by atoms with Crippen LogP contribution in [-0.4, -0.2) is 34.8 Å². The number of carbonyl (C=O) groups excluding carboxylic acids is 2. The van der Waals surface area contributed by atoms with Gasteiger partial charge in [0.05, 0.1) is 5.69 Å². The first kappa shape index (κ1) is 18.1. The van der Waals surface area contributed by atoms with Gasteiger partial charge in [0.15, 0.2) is 0 Å². The Kier molecular flexibility index (Phi) is 4.97. The number of fused-ring (bicyclic) bond motifs is 1. The summed E-state index contributed by atoms with van der Waals surface area (Å²) < 4.78 is 0. The summed E-state index contributed by atoms with van der Waals surface area (Å²) in [6, 6.07) is 6.09. The van der Waals surface area contributed by atoms with Crippen molar-refractivity contribution in [2.24, 2.45) is 0 Å². The number of nitrogens with zero attached hydrogens (tertiary/aromatic N) is 2. The van der Waals surface area contributed by atoms with E-state index < -0.39 is 0 Å². The first-order valence-electron chi connectivity index (χ1n) is 9.09. The number of hydrogen-bond acceptors (Lipinski definition) is 5. The molecule has 0 spiro atoms. The third-order valence-corrected chi connectivity index (χ3v) is 6.69. The van der Waals surface area contributed by atoms with Gasteiger partial charge in [0.1, 0.15) is 9.71 Å². The number of nitrogens with one attached hydrogen (secondary N) is 1. The van der Waals surface area contributed by atoms with Gasteiger partial charge < -0.3 is 10.2 Å². The average molecular weight is 400 g/mol. The fourth-order valence-corrected chi connectivity index (χ4v) is 5.45. The van der Waals surface area contributed by atoms with E-state index >= 15 is 0 Å². The summed E-state index contributed by atoms with van der Waals surface area (Å²) in [6.07, 6.45) is 3.23. The van der Waals surface area contributed by atoms with Gasteiger partial charge in [-0.05, 0) is 43.7 Å². The van der Waals surface area contributed by atoms with Crippen molar-refractivity contribution in [2.45, 2.75) is 33.1 Å². The fraction of sp³-hybridized carbons (Fsp3) is 0.350. The number of amides is 2. The van der Waals surface area contributed by atoms with Crippen molar-refractivity contribution in [3.8, 4) is 10.4 Å². The molecule has 0 atom stereocenters. The van der Waals surface area contributed by atoms with Crippen molar-refractivity contribution in [2.75, 3.05) is 18.4 Å². The molecular formula is C20H21N3O2S2. The second-order valence-electron chi connectivity index (χ2n) is 6.81. The zero-order valence-corrected chi connectivity index (χ0v) is 17.0. The molecule has 27 heavy (non-hydrogen) atoms. The summed E-state index contributed by atoms with van der Waals surface area (Å²) in [5, 5.41) is 5.82. The predicted molar refractivity (Wildman–Crippen MR) is 112 cm³/mol. The standard InChI is InChI=1S/C20H21N3O2S2/c1-12-11-14(15-7-6-10-26-15)16-17(22-13(2)24)18(27-19(16)21-12)20(25)23-8-4-3-5-9-23/h6-7,10-11H,3-5,8-9H2,1-2H3,(H,22,24). The summed E-state index contributed by atoms with van der Waals surface area (Å²) in [5.41, 5.74) is 2.53. The van der Waals surface area contributed by atoms with Gasteiger partial charge in [0.2, 0.25) is 5.91 Å². The molecule has 1 fully saturated rings. The van der Waals surface area contributed by atoms with E-state index in [0.717, 1.165) is 58.7 Å². The van der Waals surface area contributed by atoms with E-state index in [1.807, 2.05) is 29.3 Å². The van der Waals surface area contributed by atoms with Crippen LogP contribution in [0.25, 0.3) is 20.7 Å². The number of rotatable bonds is 3. The van der Waals surface area contributed by atoms with E-state index in [4.69, 9.17) is 0 Å². The third kappa shape index (κ3) is 3.49. The lowest BCUT2D eigenvalue weighted by Crippen LogP contribution is -2.35. The van der Waals surface area contributed by atoms with Gasteiger partial charge in [-0.2, -0.15) is 0 Å². The van der Waals surface area contributed by atoms with Crippen molar-refractivity contribution in [1.29, 1.82) is 0 Å². The van der Waals surface area contributed by atoms with E-state index in [-0.39, 0.29) is 11.8 Å². The van der Waals surface area contributed by atoms with Crippen molar-refractivity contribution < 1.29 is 9.59 Å². The maximum atomic E-state index is 13.2. The highest BCUT2D eigenvalue weighted by Crippen LogP contribution is 2.43. The number of aryl methyl sites for hydroxylation is 1. The van der Waals surface area contributed by atoms with Gasteiger partial charge in [-0.15, -0.1) is 22.7 Å². The summed E-state index contributed by atoms with van der Waals surface area (Å²) in [7, 11) is 0. The molecule has 0 aromatic carbocycles. The van der Waals surface area contributed by atoms with Gasteiger partial charge in [0, 0.05) is 41.5 Å². The topological polar surface area (TPSA) is 62.3 Å². The van der Waals surface area contributed by atoms with E-state index in [1.165, 1.54) is 18.3 Å². The predicted octanol–water partition coefficient (Wildman–Crippen LogP) is 4.92. The average Bonchev–Trinajstić information content (AvgIpc) is 3.29. The fourth-order valence-electron chi connectivity index (χ4n) is 3.53. The largest absolute Gasteiger partial charge is 0.338 e. The number of carbonyl (C=O) groups is 2. The second-order valence-corrected chi connectivity index (χ2v) is 8.76. The number of likely N-dealkylation sites (tertiary alicyclic amines) is 1. The van der Waals surface area contributed by atoms with Crippen LogP contribution in [0.3, 0.4) is 0 Å². The van der Waals surface area contributed by atoms with Crippen LogP contribution in [-0.2, 0) is 4.79 Å². The molecule has 0 unspecified atom stereocenters. The molecule has 0 radical (unpaired) electrons. The normalized spacial score (nSPS) is 14.5. The van der Waals surface area contributed by atoms with Gasteiger partial charge in [-0.3, -0.25) is 9.59 Å². The Morgan fingerprint density at radius 3 is 2.67 bits per heavy atom. The Bertz CT molecular complexity index is 1000. The number of aromatic nitrogens is 1. The molecule has 0 bridgehead atoms. The highest BCUT2D eigenvalue weighted by Gasteiger charge is 2.27. The molecule has 1 aliphatic heterocycles. The molecule has 0 aliphatic carbocycles. The maximum Gasteiger partial charge on any atom is 0.266 e.